The highest BCUT2D eigenvalue weighted by molar-refractivity contribution is 5.50. The highest BCUT2D eigenvalue weighted by Gasteiger charge is 2.37. The van der Waals surface area contributed by atoms with Gasteiger partial charge in [-0.15, -0.1) is 13.2 Å². The Bertz CT molecular complexity index is 312. The van der Waals surface area contributed by atoms with E-state index in [-0.39, 0.29) is 10.6 Å². The van der Waals surface area contributed by atoms with Crippen LogP contribution in [0.4, 0.5) is 18.9 Å². The molecule has 0 N–H and O–H groups in total. The molecule has 0 aromatic heterocycles. The van der Waals surface area contributed by atoms with Crippen molar-refractivity contribution in [2.24, 2.45) is 0 Å². The molecule has 0 aliphatic rings. The third kappa shape index (κ3) is 2.12. The summed E-state index contributed by atoms with van der Waals surface area (Å²) in [5.41, 5.74) is -0.183. The second-order valence-corrected chi connectivity index (χ2v) is 2.24. The summed E-state index contributed by atoms with van der Waals surface area (Å²) in [7, 11) is 0. The molecule has 0 aliphatic carbocycles. The number of alkyl halides is 3. The number of nitriles is 1. The van der Waals surface area contributed by atoms with E-state index in [0.717, 1.165) is 6.19 Å². The smallest absolute Gasteiger partial charge is 0.187 e. The predicted octanol–water partition coefficient (Wildman–Crippen LogP) is 2.49. The van der Waals surface area contributed by atoms with Crippen molar-refractivity contribution in [1.29, 1.82) is 5.26 Å². The van der Waals surface area contributed by atoms with E-state index in [1.54, 1.807) is 6.07 Å². The van der Waals surface area contributed by atoms with E-state index in [2.05, 4.69) is 0 Å². The Hall–Kier alpha value is -1.70. The van der Waals surface area contributed by atoms with Gasteiger partial charge in [0, 0.05) is 0 Å². The molecule has 0 atom stereocenters. The van der Waals surface area contributed by atoms with Crippen molar-refractivity contribution < 1.29 is 13.2 Å². The monoisotopic (exact) mass is 186 g/mol. The maximum Gasteiger partial charge on any atom is 0.498 e. The summed E-state index contributed by atoms with van der Waals surface area (Å²) in [6.45, 7) is 0. The number of hydrogen-bond donors (Lipinski definition) is 0. The Kier molecular flexibility index (Phi) is 2.42. The van der Waals surface area contributed by atoms with Gasteiger partial charge in [0.15, 0.2) is 6.19 Å². The summed E-state index contributed by atoms with van der Waals surface area (Å²) in [6, 6.07) is 6.89. The molecule has 0 spiro atoms. The maximum atomic E-state index is 12.1. The SMILES string of the molecule is N#CN(c1ccccc1)C(F)(F)F. The zero-order valence-electron chi connectivity index (χ0n) is 6.42. The van der Waals surface area contributed by atoms with E-state index < -0.39 is 6.30 Å². The summed E-state index contributed by atoms with van der Waals surface area (Å²) in [6.07, 6.45) is -3.59. The summed E-state index contributed by atoms with van der Waals surface area (Å²) in [5, 5.41) is 8.27. The van der Waals surface area contributed by atoms with Gasteiger partial charge in [-0.3, -0.25) is 0 Å². The van der Waals surface area contributed by atoms with E-state index in [4.69, 9.17) is 5.26 Å². The predicted molar refractivity (Wildman–Crippen MR) is 40.6 cm³/mol. The summed E-state index contributed by atoms with van der Waals surface area (Å²) >= 11 is 0. The Balaban J connectivity index is 3.01. The lowest BCUT2D eigenvalue weighted by atomic mass is 10.3. The van der Waals surface area contributed by atoms with E-state index in [1.165, 1.54) is 24.3 Å². The Morgan fingerprint density at radius 2 is 1.69 bits per heavy atom. The Labute approximate surface area is 72.8 Å². The molecule has 0 aliphatic heterocycles. The molecule has 0 radical (unpaired) electrons. The molecule has 1 aromatic rings. The molecular weight excluding hydrogens is 181 g/mol. The van der Waals surface area contributed by atoms with Crippen LogP contribution in [-0.4, -0.2) is 6.30 Å². The maximum absolute atomic E-state index is 12.1. The largest absolute Gasteiger partial charge is 0.498 e. The van der Waals surface area contributed by atoms with Crippen molar-refractivity contribution in [3.8, 4) is 6.19 Å². The van der Waals surface area contributed by atoms with Gasteiger partial charge >= 0.3 is 6.30 Å². The highest BCUT2D eigenvalue weighted by Crippen LogP contribution is 2.26. The molecule has 0 fully saturated rings. The number of para-hydroxylation sites is 1. The molecule has 5 heteroatoms. The van der Waals surface area contributed by atoms with Gasteiger partial charge in [0.1, 0.15) is 0 Å². The van der Waals surface area contributed by atoms with Crippen LogP contribution in [0.25, 0.3) is 0 Å². The fourth-order valence-electron chi connectivity index (χ4n) is 0.838. The highest BCUT2D eigenvalue weighted by atomic mass is 19.4. The van der Waals surface area contributed by atoms with Crippen molar-refractivity contribution in [2.45, 2.75) is 6.30 Å². The Morgan fingerprint density at radius 3 is 2.08 bits per heavy atom. The lowest BCUT2D eigenvalue weighted by Gasteiger charge is -2.17. The molecule has 0 unspecified atom stereocenters. The number of halogens is 3. The molecule has 68 valence electrons. The number of benzene rings is 1. The van der Waals surface area contributed by atoms with Gasteiger partial charge in [-0.05, 0) is 12.1 Å². The van der Waals surface area contributed by atoms with E-state index in [0.29, 0.717) is 0 Å². The zero-order chi connectivity index (χ0) is 9.90. The van der Waals surface area contributed by atoms with Crippen molar-refractivity contribution in [3.63, 3.8) is 0 Å². The fraction of sp³-hybridized carbons (Fsp3) is 0.125. The third-order valence-corrected chi connectivity index (χ3v) is 1.37. The third-order valence-electron chi connectivity index (χ3n) is 1.37. The fourth-order valence-corrected chi connectivity index (χ4v) is 0.838. The van der Waals surface area contributed by atoms with Crippen LogP contribution in [0.1, 0.15) is 0 Å². The minimum absolute atomic E-state index is 0.183. The van der Waals surface area contributed by atoms with Gasteiger partial charge in [-0.1, -0.05) is 18.2 Å². The second kappa shape index (κ2) is 3.35. The lowest BCUT2D eigenvalue weighted by Crippen LogP contribution is -2.33. The van der Waals surface area contributed by atoms with Crippen molar-refractivity contribution >= 4 is 5.69 Å². The first-order valence-electron chi connectivity index (χ1n) is 3.37. The standard InChI is InChI=1S/C8H5F3N2/c9-8(10,11)13(6-12)7-4-2-1-3-5-7/h1-5H. The number of nitrogens with zero attached hydrogens (tertiary/aromatic N) is 2. The van der Waals surface area contributed by atoms with Gasteiger partial charge in [-0.25, -0.2) is 0 Å². The van der Waals surface area contributed by atoms with Crippen LogP contribution in [0.2, 0.25) is 0 Å². The minimum atomic E-state index is -4.66. The summed E-state index contributed by atoms with van der Waals surface area (Å²) in [4.78, 5) is -0.299. The number of anilines is 1. The van der Waals surface area contributed by atoms with Gasteiger partial charge in [0.05, 0.1) is 5.69 Å². The summed E-state index contributed by atoms with van der Waals surface area (Å²) < 4.78 is 36.3. The molecule has 1 rings (SSSR count). The average molecular weight is 186 g/mol. The molecular formula is C8H5F3N2. The van der Waals surface area contributed by atoms with Crippen LogP contribution >= 0.6 is 0 Å². The zero-order valence-corrected chi connectivity index (χ0v) is 6.42. The van der Waals surface area contributed by atoms with Crippen LogP contribution in [-0.2, 0) is 0 Å². The summed E-state index contributed by atoms with van der Waals surface area (Å²) in [5.74, 6) is 0. The van der Waals surface area contributed by atoms with Crippen LogP contribution in [0, 0.1) is 11.5 Å². The normalized spacial score (nSPS) is 10.6. The van der Waals surface area contributed by atoms with Crippen molar-refractivity contribution in [3.05, 3.63) is 30.3 Å². The first-order valence-corrected chi connectivity index (χ1v) is 3.37. The molecule has 0 amide bonds. The molecule has 0 saturated heterocycles. The Morgan fingerprint density at radius 1 is 1.15 bits per heavy atom. The topological polar surface area (TPSA) is 27.0 Å². The van der Waals surface area contributed by atoms with E-state index in [1.807, 2.05) is 0 Å². The first kappa shape index (κ1) is 9.39. The van der Waals surface area contributed by atoms with Crippen LogP contribution in [0.5, 0.6) is 0 Å². The van der Waals surface area contributed by atoms with Crippen LogP contribution < -0.4 is 4.90 Å². The van der Waals surface area contributed by atoms with Crippen LogP contribution in [0.15, 0.2) is 30.3 Å². The molecule has 13 heavy (non-hydrogen) atoms. The molecule has 0 heterocycles. The van der Waals surface area contributed by atoms with Crippen molar-refractivity contribution in [1.82, 2.24) is 0 Å². The first-order chi connectivity index (χ1) is 6.05. The van der Waals surface area contributed by atoms with E-state index in [9.17, 15) is 13.2 Å². The van der Waals surface area contributed by atoms with Crippen LogP contribution in [0.3, 0.4) is 0 Å². The van der Waals surface area contributed by atoms with Gasteiger partial charge in [0.2, 0.25) is 0 Å². The molecule has 1 aromatic carbocycles. The van der Waals surface area contributed by atoms with E-state index >= 15 is 0 Å². The average Bonchev–Trinajstić information content (AvgIpc) is 2.05. The molecule has 0 bridgehead atoms. The minimum Gasteiger partial charge on any atom is -0.187 e. The quantitative estimate of drug-likeness (QED) is 0.382. The number of rotatable bonds is 1. The lowest BCUT2D eigenvalue weighted by molar-refractivity contribution is -0.120. The van der Waals surface area contributed by atoms with Gasteiger partial charge < -0.3 is 0 Å². The van der Waals surface area contributed by atoms with Crippen molar-refractivity contribution in [2.75, 3.05) is 4.90 Å². The van der Waals surface area contributed by atoms with Gasteiger partial charge in [0.25, 0.3) is 0 Å². The molecule has 2 nitrogen and oxygen atoms in total. The second-order valence-electron chi connectivity index (χ2n) is 2.24. The number of hydrogen-bond acceptors (Lipinski definition) is 2. The van der Waals surface area contributed by atoms with Gasteiger partial charge in [-0.2, -0.15) is 10.2 Å². The molecule has 0 saturated carbocycles.